The second kappa shape index (κ2) is 5.79. The van der Waals surface area contributed by atoms with Gasteiger partial charge in [-0.1, -0.05) is 0 Å². The Labute approximate surface area is 114 Å². The van der Waals surface area contributed by atoms with Gasteiger partial charge in [-0.2, -0.15) is 0 Å². The number of hydrogen-bond acceptors (Lipinski definition) is 4. The molecule has 0 radical (unpaired) electrons. The molecule has 0 aromatic rings. The van der Waals surface area contributed by atoms with Crippen molar-refractivity contribution >= 4 is 15.8 Å². The van der Waals surface area contributed by atoms with Crippen LogP contribution in [0.5, 0.6) is 0 Å². The number of carboxylic acids is 1. The van der Waals surface area contributed by atoms with E-state index in [0.717, 1.165) is 32.2 Å². The van der Waals surface area contributed by atoms with E-state index in [2.05, 4.69) is 4.90 Å². The van der Waals surface area contributed by atoms with Crippen LogP contribution in [0.25, 0.3) is 0 Å². The van der Waals surface area contributed by atoms with E-state index in [4.69, 9.17) is 5.11 Å². The highest BCUT2D eigenvalue weighted by molar-refractivity contribution is 7.90. The smallest absolute Gasteiger partial charge is 0.303 e. The highest BCUT2D eigenvalue weighted by atomic mass is 32.2. The summed E-state index contributed by atoms with van der Waals surface area (Å²) in [7, 11) is -2.87. The van der Waals surface area contributed by atoms with Crippen LogP contribution in [0.2, 0.25) is 0 Å². The van der Waals surface area contributed by atoms with Gasteiger partial charge in [0.25, 0.3) is 0 Å². The summed E-state index contributed by atoms with van der Waals surface area (Å²) >= 11 is 0. The van der Waals surface area contributed by atoms with E-state index in [9.17, 15) is 13.2 Å². The summed E-state index contributed by atoms with van der Waals surface area (Å²) in [5.74, 6) is -0.141. The molecular formula is C13H23NO4S. The van der Waals surface area contributed by atoms with E-state index < -0.39 is 15.8 Å². The van der Waals surface area contributed by atoms with Gasteiger partial charge in [0.2, 0.25) is 0 Å². The van der Waals surface area contributed by atoms with Crippen LogP contribution in [0.15, 0.2) is 0 Å². The van der Waals surface area contributed by atoms with Crippen molar-refractivity contribution in [3.8, 4) is 0 Å². The Morgan fingerprint density at radius 1 is 1.26 bits per heavy atom. The van der Waals surface area contributed by atoms with Crippen molar-refractivity contribution in [2.75, 3.05) is 18.6 Å². The van der Waals surface area contributed by atoms with Gasteiger partial charge in [0.1, 0.15) is 9.84 Å². The third kappa shape index (κ3) is 4.18. The van der Waals surface area contributed by atoms with Gasteiger partial charge in [0.15, 0.2) is 0 Å². The summed E-state index contributed by atoms with van der Waals surface area (Å²) in [6.07, 6.45) is 6.45. The summed E-state index contributed by atoms with van der Waals surface area (Å²) < 4.78 is 22.3. The van der Waals surface area contributed by atoms with Gasteiger partial charge in [0.05, 0.1) is 5.75 Å². The van der Waals surface area contributed by atoms with Crippen LogP contribution in [0.1, 0.15) is 38.5 Å². The Bertz CT molecular complexity index is 420. The van der Waals surface area contributed by atoms with Crippen LogP contribution in [-0.2, 0) is 14.6 Å². The largest absolute Gasteiger partial charge is 0.481 e. The zero-order valence-electron chi connectivity index (χ0n) is 11.4. The molecule has 2 rings (SSSR count). The van der Waals surface area contributed by atoms with E-state index >= 15 is 0 Å². The van der Waals surface area contributed by atoms with Crippen molar-refractivity contribution < 1.29 is 18.3 Å². The third-order valence-electron chi connectivity index (χ3n) is 4.38. The molecule has 2 aliphatic rings. The van der Waals surface area contributed by atoms with Crippen molar-refractivity contribution in [2.24, 2.45) is 5.92 Å². The van der Waals surface area contributed by atoms with E-state index in [1.807, 2.05) is 0 Å². The highest BCUT2D eigenvalue weighted by Gasteiger charge is 2.40. The van der Waals surface area contributed by atoms with Crippen LogP contribution < -0.4 is 0 Å². The van der Waals surface area contributed by atoms with Crippen molar-refractivity contribution in [1.82, 2.24) is 4.90 Å². The number of piperidine rings is 1. The van der Waals surface area contributed by atoms with E-state index in [1.165, 1.54) is 6.26 Å². The normalized spacial score (nSPS) is 31.5. The van der Waals surface area contributed by atoms with Gasteiger partial charge < -0.3 is 5.11 Å². The lowest BCUT2D eigenvalue weighted by molar-refractivity contribution is -0.138. The second-order valence-electron chi connectivity index (χ2n) is 6.04. The second-order valence-corrected chi connectivity index (χ2v) is 8.30. The van der Waals surface area contributed by atoms with Gasteiger partial charge in [0, 0.05) is 24.8 Å². The predicted molar refractivity (Wildman–Crippen MR) is 72.8 cm³/mol. The van der Waals surface area contributed by atoms with Crippen molar-refractivity contribution in [1.29, 1.82) is 0 Å². The minimum absolute atomic E-state index is 0.251. The molecule has 0 saturated carbocycles. The number of fused-ring (bicyclic) bond motifs is 2. The lowest BCUT2D eigenvalue weighted by Crippen LogP contribution is -2.44. The first-order valence-corrected chi connectivity index (χ1v) is 9.06. The van der Waals surface area contributed by atoms with Crippen LogP contribution in [0.4, 0.5) is 0 Å². The maximum Gasteiger partial charge on any atom is 0.303 e. The Balaban J connectivity index is 1.83. The van der Waals surface area contributed by atoms with Gasteiger partial charge >= 0.3 is 5.97 Å². The Kier molecular flexibility index (Phi) is 4.50. The molecule has 0 amide bonds. The molecule has 2 unspecified atom stereocenters. The maximum absolute atomic E-state index is 11.1. The Morgan fingerprint density at radius 3 is 2.32 bits per heavy atom. The molecule has 110 valence electrons. The standard InChI is InChI=1S/C13H23NO4S/c1-19(17,18)6-2-5-14-11-3-4-12(14)8-10(7-11)9-13(15)16/h10-12H,2-9H2,1H3,(H,15,16). The molecule has 2 atom stereocenters. The van der Waals surface area contributed by atoms with Crippen molar-refractivity contribution in [3.05, 3.63) is 0 Å². The summed E-state index contributed by atoms with van der Waals surface area (Å²) in [6, 6.07) is 0.949. The molecule has 5 nitrogen and oxygen atoms in total. The molecule has 6 heteroatoms. The Morgan fingerprint density at radius 2 is 1.84 bits per heavy atom. The topological polar surface area (TPSA) is 74.7 Å². The molecular weight excluding hydrogens is 266 g/mol. The summed E-state index contributed by atoms with van der Waals surface area (Å²) in [6.45, 7) is 0.836. The average Bonchev–Trinajstić information content (AvgIpc) is 2.51. The first-order chi connectivity index (χ1) is 8.85. The van der Waals surface area contributed by atoms with E-state index in [0.29, 0.717) is 24.4 Å². The Hall–Kier alpha value is -0.620. The number of aliphatic carboxylic acids is 1. The number of carboxylic acid groups (broad SMARTS) is 1. The third-order valence-corrected chi connectivity index (χ3v) is 5.41. The first-order valence-electron chi connectivity index (χ1n) is 7.00. The summed E-state index contributed by atoms with van der Waals surface area (Å²) in [5, 5.41) is 8.88. The van der Waals surface area contributed by atoms with Crippen LogP contribution in [0, 0.1) is 5.92 Å². The predicted octanol–water partition coefficient (Wildman–Crippen LogP) is 1.14. The molecule has 0 spiro atoms. The lowest BCUT2D eigenvalue weighted by Gasteiger charge is -2.38. The highest BCUT2D eigenvalue weighted by Crippen LogP contribution is 2.39. The SMILES string of the molecule is CS(=O)(=O)CCCN1C2CCC1CC(CC(=O)O)C2. The lowest BCUT2D eigenvalue weighted by atomic mass is 9.88. The molecule has 2 saturated heterocycles. The number of hydrogen-bond donors (Lipinski definition) is 1. The summed E-state index contributed by atoms with van der Waals surface area (Å²) in [4.78, 5) is 13.2. The fraction of sp³-hybridized carbons (Fsp3) is 0.923. The minimum atomic E-state index is -2.87. The minimum Gasteiger partial charge on any atom is -0.481 e. The number of sulfone groups is 1. The van der Waals surface area contributed by atoms with Crippen molar-refractivity contribution in [2.45, 2.75) is 50.6 Å². The van der Waals surface area contributed by atoms with Crippen LogP contribution >= 0.6 is 0 Å². The molecule has 19 heavy (non-hydrogen) atoms. The molecule has 2 bridgehead atoms. The average molecular weight is 289 g/mol. The number of rotatable bonds is 6. The number of nitrogens with zero attached hydrogens (tertiary/aromatic N) is 1. The van der Waals surface area contributed by atoms with Crippen LogP contribution in [0.3, 0.4) is 0 Å². The van der Waals surface area contributed by atoms with E-state index in [1.54, 1.807) is 0 Å². The molecule has 0 aliphatic carbocycles. The van der Waals surface area contributed by atoms with Gasteiger partial charge in [-0.3, -0.25) is 9.69 Å². The van der Waals surface area contributed by atoms with Gasteiger partial charge in [-0.05, 0) is 44.6 Å². The molecule has 2 heterocycles. The molecule has 0 aromatic carbocycles. The maximum atomic E-state index is 11.1. The zero-order chi connectivity index (χ0) is 14.0. The molecule has 0 aromatic heterocycles. The zero-order valence-corrected chi connectivity index (χ0v) is 12.2. The molecule has 2 fully saturated rings. The number of carbonyl (C=O) groups is 1. The van der Waals surface area contributed by atoms with Crippen molar-refractivity contribution in [3.63, 3.8) is 0 Å². The first kappa shape index (κ1) is 14.8. The monoisotopic (exact) mass is 289 g/mol. The van der Waals surface area contributed by atoms with Gasteiger partial charge in [-0.15, -0.1) is 0 Å². The summed E-state index contributed by atoms with van der Waals surface area (Å²) in [5.41, 5.74) is 0. The molecule has 1 N–H and O–H groups in total. The van der Waals surface area contributed by atoms with E-state index in [-0.39, 0.29) is 12.2 Å². The fourth-order valence-corrected chi connectivity index (χ4v) is 4.33. The quantitative estimate of drug-likeness (QED) is 0.793. The van der Waals surface area contributed by atoms with Crippen LogP contribution in [-0.4, -0.2) is 55.0 Å². The fourth-order valence-electron chi connectivity index (χ4n) is 3.67. The molecule has 2 aliphatic heterocycles. The van der Waals surface area contributed by atoms with Gasteiger partial charge in [-0.25, -0.2) is 8.42 Å².